The third-order valence-electron chi connectivity index (χ3n) is 3.02. The molecule has 1 N–H and O–H groups in total. The van der Waals surface area contributed by atoms with E-state index in [4.69, 9.17) is 4.74 Å². The highest BCUT2D eigenvalue weighted by atomic mass is 19.1. The Balaban J connectivity index is 1.63. The number of carbonyl (C=O) groups excluding carboxylic acids is 1. The topological polar surface area (TPSA) is 38.3 Å². The number of hydrogen-bond donors (Lipinski definition) is 1. The predicted octanol–water partition coefficient (Wildman–Crippen LogP) is 2.95. The van der Waals surface area contributed by atoms with Crippen LogP contribution in [-0.4, -0.2) is 19.1 Å². The summed E-state index contributed by atoms with van der Waals surface area (Å²) in [4.78, 5) is 11.6. The van der Waals surface area contributed by atoms with Crippen LogP contribution < -0.4 is 10.1 Å². The van der Waals surface area contributed by atoms with Gasteiger partial charge in [-0.3, -0.25) is 4.79 Å². The number of halogens is 1. The average molecular weight is 287 g/mol. The van der Waals surface area contributed by atoms with Crippen LogP contribution in [0.5, 0.6) is 5.75 Å². The zero-order chi connectivity index (χ0) is 14.9. The van der Waals surface area contributed by atoms with Crippen LogP contribution in [0, 0.1) is 5.82 Å². The molecule has 0 atom stereocenters. The Morgan fingerprint density at radius 3 is 2.52 bits per heavy atom. The van der Waals surface area contributed by atoms with Crippen molar-refractivity contribution in [2.75, 3.05) is 13.2 Å². The highest BCUT2D eigenvalue weighted by molar-refractivity contribution is 5.75. The van der Waals surface area contributed by atoms with E-state index in [9.17, 15) is 9.18 Å². The molecule has 4 heteroatoms. The van der Waals surface area contributed by atoms with Gasteiger partial charge in [0.2, 0.25) is 5.91 Å². The van der Waals surface area contributed by atoms with Gasteiger partial charge < -0.3 is 10.1 Å². The molecule has 0 unspecified atom stereocenters. The Labute approximate surface area is 123 Å². The number of carbonyl (C=O) groups is 1. The smallest absolute Gasteiger partial charge is 0.223 e. The van der Waals surface area contributed by atoms with Crippen LogP contribution in [0.3, 0.4) is 0 Å². The summed E-state index contributed by atoms with van der Waals surface area (Å²) in [7, 11) is 0. The van der Waals surface area contributed by atoms with E-state index < -0.39 is 0 Å². The highest BCUT2D eigenvalue weighted by Crippen LogP contribution is 2.08. The van der Waals surface area contributed by atoms with E-state index in [1.807, 2.05) is 30.3 Å². The fraction of sp³-hybridized carbons (Fsp3) is 0.235. The molecule has 0 heterocycles. The summed E-state index contributed by atoms with van der Waals surface area (Å²) < 4.78 is 18.8. The molecule has 110 valence electrons. The fourth-order valence-corrected chi connectivity index (χ4v) is 1.90. The maximum atomic E-state index is 13.4. The standard InChI is InChI=1S/C17H18FNO2/c18-16-9-5-4-6-14(16)10-12-19-17(20)11-13-21-15-7-2-1-3-8-15/h1-9H,10-13H2,(H,19,20). The molecule has 0 aromatic heterocycles. The van der Waals surface area contributed by atoms with Crippen molar-refractivity contribution in [2.24, 2.45) is 0 Å². The third-order valence-corrected chi connectivity index (χ3v) is 3.02. The summed E-state index contributed by atoms with van der Waals surface area (Å²) in [5.74, 6) is 0.415. The van der Waals surface area contributed by atoms with Crippen molar-refractivity contribution in [1.82, 2.24) is 5.32 Å². The van der Waals surface area contributed by atoms with Crippen molar-refractivity contribution in [3.8, 4) is 5.75 Å². The second-order valence-electron chi connectivity index (χ2n) is 4.60. The monoisotopic (exact) mass is 287 g/mol. The van der Waals surface area contributed by atoms with Gasteiger partial charge in [-0.05, 0) is 30.2 Å². The lowest BCUT2D eigenvalue weighted by molar-refractivity contribution is -0.121. The van der Waals surface area contributed by atoms with E-state index in [-0.39, 0.29) is 18.1 Å². The molecule has 0 spiro atoms. The number of para-hydroxylation sites is 1. The molecule has 21 heavy (non-hydrogen) atoms. The van der Waals surface area contributed by atoms with Crippen molar-refractivity contribution < 1.29 is 13.9 Å². The lowest BCUT2D eigenvalue weighted by Crippen LogP contribution is -2.27. The zero-order valence-corrected chi connectivity index (χ0v) is 11.7. The van der Waals surface area contributed by atoms with E-state index in [1.165, 1.54) is 6.07 Å². The van der Waals surface area contributed by atoms with Gasteiger partial charge in [0.1, 0.15) is 11.6 Å². The van der Waals surface area contributed by atoms with Gasteiger partial charge in [-0.2, -0.15) is 0 Å². The van der Waals surface area contributed by atoms with Gasteiger partial charge in [-0.15, -0.1) is 0 Å². The Morgan fingerprint density at radius 2 is 1.76 bits per heavy atom. The Morgan fingerprint density at radius 1 is 1.05 bits per heavy atom. The molecule has 2 aromatic carbocycles. The normalized spacial score (nSPS) is 10.1. The first-order valence-corrected chi connectivity index (χ1v) is 6.93. The largest absolute Gasteiger partial charge is 0.493 e. The molecule has 0 aliphatic heterocycles. The Bertz CT molecular complexity index is 572. The van der Waals surface area contributed by atoms with Crippen LogP contribution in [0.15, 0.2) is 54.6 Å². The number of amides is 1. The van der Waals surface area contributed by atoms with Crippen LogP contribution in [0.1, 0.15) is 12.0 Å². The van der Waals surface area contributed by atoms with Crippen LogP contribution in [-0.2, 0) is 11.2 Å². The maximum Gasteiger partial charge on any atom is 0.223 e. The molecule has 0 saturated heterocycles. The van der Waals surface area contributed by atoms with Crippen molar-refractivity contribution in [1.29, 1.82) is 0 Å². The lowest BCUT2D eigenvalue weighted by atomic mass is 10.1. The minimum absolute atomic E-state index is 0.0951. The van der Waals surface area contributed by atoms with Crippen molar-refractivity contribution >= 4 is 5.91 Å². The van der Waals surface area contributed by atoms with Crippen LogP contribution >= 0.6 is 0 Å². The maximum absolute atomic E-state index is 13.4. The van der Waals surface area contributed by atoms with E-state index in [2.05, 4.69) is 5.32 Å². The van der Waals surface area contributed by atoms with Crippen molar-refractivity contribution in [3.05, 3.63) is 66.0 Å². The number of benzene rings is 2. The number of nitrogens with one attached hydrogen (secondary N) is 1. The minimum atomic E-state index is -0.237. The molecule has 0 aliphatic rings. The van der Waals surface area contributed by atoms with E-state index >= 15 is 0 Å². The van der Waals surface area contributed by atoms with E-state index in [0.29, 0.717) is 25.1 Å². The van der Waals surface area contributed by atoms with Crippen molar-refractivity contribution in [3.63, 3.8) is 0 Å². The number of ether oxygens (including phenoxy) is 1. The summed E-state index contributed by atoms with van der Waals surface area (Å²) in [5.41, 5.74) is 0.610. The average Bonchev–Trinajstić information content (AvgIpc) is 2.50. The first-order chi connectivity index (χ1) is 10.3. The number of rotatable bonds is 7. The SMILES string of the molecule is O=C(CCOc1ccccc1)NCCc1ccccc1F. The summed E-state index contributed by atoms with van der Waals surface area (Å²) in [5, 5.41) is 2.76. The molecular formula is C17H18FNO2. The molecule has 0 aliphatic carbocycles. The van der Waals surface area contributed by atoms with Crippen LogP contribution in [0.4, 0.5) is 4.39 Å². The molecule has 2 aromatic rings. The van der Waals surface area contributed by atoms with Gasteiger partial charge in [0.15, 0.2) is 0 Å². The summed E-state index contributed by atoms with van der Waals surface area (Å²) >= 11 is 0. The summed E-state index contributed by atoms with van der Waals surface area (Å²) in [6.45, 7) is 0.751. The van der Waals surface area contributed by atoms with Gasteiger partial charge in [0.25, 0.3) is 0 Å². The highest BCUT2D eigenvalue weighted by Gasteiger charge is 2.04. The lowest BCUT2D eigenvalue weighted by Gasteiger charge is -2.07. The fourth-order valence-electron chi connectivity index (χ4n) is 1.90. The third kappa shape index (κ3) is 5.26. The predicted molar refractivity (Wildman–Crippen MR) is 79.7 cm³/mol. The second-order valence-corrected chi connectivity index (χ2v) is 4.60. The Hall–Kier alpha value is -2.36. The number of hydrogen-bond acceptors (Lipinski definition) is 2. The van der Waals surface area contributed by atoms with Gasteiger partial charge in [0, 0.05) is 6.54 Å². The first kappa shape index (κ1) is 15.0. The minimum Gasteiger partial charge on any atom is -0.493 e. The molecule has 0 fully saturated rings. The van der Waals surface area contributed by atoms with Crippen LogP contribution in [0.25, 0.3) is 0 Å². The zero-order valence-electron chi connectivity index (χ0n) is 11.7. The second kappa shape index (κ2) is 8.04. The van der Waals surface area contributed by atoms with Gasteiger partial charge in [0.05, 0.1) is 13.0 Å². The van der Waals surface area contributed by atoms with Crippen molar-refractivity contribution in [2.45, 2.75) is 12.8 Å². The molecule has 3 nitrogen and oxygen atoms in total. The quantitative estimate of drug-likeness (QED) is 0.850. The van der Waals surface area contributed by atoms with Gasteiger partial charge in [-0.25, -0.2) is 4.39 Å². The summed E-state index contributed by atoms with van der Waals surface area (Å²) in [6, 6.07) is 15.9. The van der Waals surface area contributed by atoms with Crippen LogP contribution in [0.2, 0.25) is 0 Å². The molecule has 2 rings (SSSR count). The summed E-state index contributed by atoms with van der Waals surface area (Å²) in [6.07, 6.45) is 0.768. The molecular weight excluding hydrogens is 269 g/mol. The molecule has 0 saturated carbocycles. The Kier molecular flexibility index (Phi) is 5.76. The first-order valence-electron chi connectivity index (χ1n) is 6.93. The van der Waals surface area contributed by atoms with E-state index in [1.54, 1.807) is 18.2 Å². The van der Waals surface area contributed by atoms with E-state index in [0.717, 1.165) is 5.75 Å². The molecule has 0 radical (unpaired) electrons. The van der Waals surface area contributed by atoms with Gasteiger partial charge in [-0.1, -0.05) is 36.4 Å². The van der Waals surface area contributed by atoms with Gasteiger partial charge >= 0.3 is 0 Å². The molecule has 1 amide bonds. The molecule has 0 bridgehead atoms.